The van der Waals surface area contributed by atoms with Gasteiger partial charge in [0, 0.05) is 12.1 Å². The predicted molar refractivity (Wildman–Crippen MR) is 54.0 cm³/mol. The monoisotopic (exact) mass is 219 g/mol. The zero-order valence-electron chi connectivity index (χ0n) is 7.81. The summed E-state index contributed by atoms with van der Waals surface area (Å²) in [5.41, 5.74) is 1.79. The Morgan fingerprint density at radius 2 is 2.07 bits per heavy atom. The number of aryl methyl sites for hydroxylation is 1. The quantitative estimate of drug-likeness (QED) is 0.707. The van der Waals surface area contributed by atoms with E-state index in [1.54, 1.807) is 12.1 Å². The maximum atomic E-state index is 13.3. The van der Waals surface area contributed by atoms with Crippen molar-refractivity contribution < 1.29 is 8.78 Å². The first-order chi connectivity index (χ1) is 6.09. The van der Waals surface area contributed by atoms with Crippen molar-refractivity contribution in [2.45, 2.75) is 19.4 Å². The van der Waals surface area contributed by atoms with Gasteiger partial charge >= 0.3 is 0 Å². The molecule has 0 atom stereocenters. The molecule has 1 aromatic rings. The summed E-state index contributed by atoms with van der Waals surface area (Å²) in [5.74, 6) is -2.71. The van der Waals surface area contributed by atoms with Gasteiger partial charge in [-0.15, -0.1) is 12.4 Å². The van der Waals surface area contributed by atoms with E-state index in [4.69, 9.17) is 0 Å². The lowest BCUT2D eigenvalue weighted by molar-refractivity contribution is -0.0108. The van der Waals surface area contributed by atoms with Crippen molar-refractivity contribution in [2.75, 3.05) is 6.54 Å². The van der Waals surface area contributed by atoms with Gasteiger partial charge in [0.2, 0.25) is 0 Å². The van der Waals surface area contributed by atoms with Crippen molar-refractivity contribution in [3.05, 3.63) is 34.9 Å². The number of alkyl halides is 2. The van der Waals surface area contributed by atoms with E-state index in [0.29, 0.717) is 12.1 Å². The van der Waals surface area contributed by atoms with Crippen molar-refractivity contribution in [3.63, 3.8) is 0 Å². The van der Waals surface area contributed by atoms with Crippen LogP contribution in [0.5, 0.6) is 0 Å². The molecule has 2 rings (SSSR count). The van der Waals surface area contributed by atoms with Crippen LogP contribution in [0.2, 0.25) is 0 Å². The Bertz CT molecular complexity index is 339. The fourth-order valence-corrected chi connectivity index (χ4v) is 1.63. The molecule has 1 nitrogen and oxygen atoms in total. The van der Waals surface area contributed by atoms with Crippen LogP contribution in [-0.4, -0.2) is 6.54 Å². The van der Waals surface area contributed by atoms with Crippen LogP contribution in [0.1, 0.15) is 16.7 Å². The summed E-state index contributed by atoms with van der Waals surface area (Å²) in [5, 5.41) is 2.70. The third-order valence-corrected chi connectivity index (χ3v) is 2.32. The van der Waals surface area contributed by atoms with Crippen LogP contribution in [-0.2, 0) is 12.5 Å². The fraction of sp³-hybridized carbons (Fsp3) is 0.400. The molecular weight excluding hydrogens is 208 g/mol. The number of rotatable bonds is 0. The second kappa shape index (κ2) is 3.83. The number of fused-ring (bicyclic) bond motifs is 1. The Morgan fingerprint density at radius 3 is 2.79 bits per heavy atom. The number of hydrogen-bond donors (Lipinski definition) is 1. The van der Waals surface area contributed by atoms with Crippen molar-refractivity contribution >= 4 is 12.4 Å². The minimum absolute atomic E-state index is 0. The minimum atomic E-state index is -2.71. The van der Waals surface area contributed by atoms with Gasteiger partial charge in [0.15, 0.2) is 0 Å². The molecule has 0 aromatic heterocycles. The van der Waals surface area contributed by atoms with Gasteiger partial charge in [-0.1, -0.05) is 17.7 Å². The number of benzene rings is 1. The highest BCUT2D eigenvalue weighted by atomic mass is 35.5. The van der Waals surface area contributed by atoms with Crippen LogP contribution < -0.4 is 5.32 Å². The van der Waals surface area contributed by atoms with Crippen molar-refractivity contribution in [1.29, 1.82) is 0 Å². The van der Waals surface area contributed by atoms with E-state index in [1.165, 1.54) is 0 Å². The van der Waals surface area contributed by atoms with Gasteiger partial charge in [-0.05, 0) is 18.6 Å². The molecule has 0 saturated heterocycles. The lowest BCUT2D eigenvalue weighted by Crippen LogP contribution is -2.36. The number of halogens is 3. The molecule has 0 amide bonds. The molecule has 4 heteroatoms. The van der Waals surface area contributed by atoms with Gasteiger partial charge in [0.1, 0.15) is 0 Å². The Hall–Kier alpha value is -0.670. The predicted octanol–water partition coefficient (Wildman–Crippen LogP) is 2.61. The maximum absolute atomic E-state index is 13.3. The lowest BCUT2D eigenvalue weighted by atomic mass is 9.96. The zero-order chi connectivity index (χ0) is 9.47. The first-order valence-electron chi connectivity index (χ1n) is 4.28. The van der Waals surface area contributed by atoms with E-state index in [9.17, 15) is 8.78 Å². The Kier molecular flexibility index (Phi) is 3.12. The van der Waals surface area contributed by atoms with E-state index in [-0.39, 0.29) is 24.5 Å². The summed E-state index contributed by atoms with van der Waals surface area (Å²) in [4.78, 5) is 0. The molecule has 1 heterocycles. The lowest BCUT2D eigenvalue weighted by Gasteiger charge is -2.26. The molecule has 1 aromatic carbocycles. The average Bonchev–Trinajstić information content (AvgIpc) is 2.06. The van der Waals surface area contributed by atoms with Crippen LogP contribution in [0, 0.1) is 6.92 Å². The molecule has 0 radical (unpaired) electrons. The first kappa shape index (κ1) is 11.4. The Morgan fingerprint density at radius 1 is 1.36 bits per heavy atom. The molecule has 78 valence electrons. The summed E-state index contributed by atoms with van der Waals surface area (Å²) in [6.07, 6.45) is 0. The summed E-state index contributed by atoms with van der Waals surface area (Å²) >= 11 is 0. The topological polar surface area (TPSA) is 12.0 Å². The highest BCUT2D eigenvalue weighted by Crippen LogP contribution is 2.33. The minimum Gasteiger partial charge on any atom is -0.307 e. The van der Waals surface area contributed by atoms with Gasteiger partial charge in [-0.3, -0.25) is 0 Å². The normalized spacial score (nSPS) is 18.2. The van der Waals surface area contributed by atoms with E-state index in [2.05, 4.69) is 5.32 Å². The fourth-order valence-electron chi connectivity index (χ4n) is 1.63. The molecule has 1 aliphatic heterocycles. The van der Waals surface area contributed by atoms with Crippen LogP contribution in [0.4, 0.5) is 8.78 Å². The summed E-state index contributed by atoms with van der Waals surface area (Å²) in [6, 6.07) is 5.21. The second-order valence-corrected chi connectivity index (χ2v) is 3.47. The molecule has 0 saturated carbocycles. The van der Waals surface area contributed by atoms with Gasteiger partial charge < -0.3 is 5.32 Å². The van der Waals surface area contributed by atoms with Crippen LogP contribution in [0.3, 0.4) is 0 Å². The van der Waals surface area contributed by atoms with Gasteiger partial charge in [-0.25, -0.2) is 0 Å². The first-order valence-corrected chi connectivity index (χ1v) is 4.28. The number of nitrogens with one attached hydrogen (secondary N) is 1. The summed E-state index contributed by atoms with van der Waals surface area (Å²) in [7, 11) is 0. The Balaban J connectivity index is 0.000000980. The number of hydrogen-bond acceptors (Lipinski definition) is 1. The summed E-state index contributed by atoms with van der Waals surface area (Å²) in [6.45, 7) is 2.13. The van der Waals surface area contributed by atoms with Crippen LogP contribution in [0.25, 0.3) is 0 Å². The zero-order valence-corrected chi connectivity index (χ0v) is 8.63. The highest BCUT2D eigenvalue weighted by Gasteiger charge is 2.36. The standard InChI is InChI=1S/C10H11F2N.ClH/c1-7-2-3-8-5-13-6-10(11,12)9(8)4-7;/h2-4,13H,5-6H2,1H3;1H. The maximum Gasteiger partial charge on any atom is 0.285 e. The third kappa shape index (κ3) is 1.88. The van der Waals surface area contributed by atoms with Crippen LogP contribution in [0.15, 0.2) is 18.2 Å². The van der Waals surface area contributed by atoms with Crippen molar-refractivity contribution in [3.8, 4) is 0 Å². The van der Waals surface area contributed by atoms with E-state index in [1.807, 2.05) is 13.0 Å². The molecule has 14 heavy (non-hydrogen) atoms. The molecule has 0 fully saturated rings. The molecule has 0 aliphatic carbocycles. The Labute approximate surface area is 87.9 Å². The van der Waals surface area contributed by atoms with Gasteiger partial charge in [-0.2, -0.15) is 8.78 Å². The second-order valence-electron chi connectivity index (χ2n) is 3.47. The van der Waals surface area contributed by atoms with Crippen molar-refractivity contribution in [1.82, 2.24) is 5.32 Å². The molecule has 0 bridgehead atoms. The van der Waals surface area contributed by atoms with Gasteiger partial charge in [0.25, 0.3) is 5.92 Å². The van der Waals surface area contributed by atoms with Crippen LogP contribution >= 0.6 is 12.4 Å². The smallest absolute Gasteiger partial charge is 0.285 e. The van der Waals surface area contributed by atoms with E-state index in [0.717, 1.165) is 5.56 Å². The van der Waals surface area contributed by atoms with E-state index < -0.39 is 5.92 Å². The van der Waals surface area contributed by atoms with Crippen molar-refractivity contribution in [2.24, 2.45) is 0 Å². The molecule has 0 unspecified atom stereocenters. The SMILES string of the molecule is Cc1ccc2c(c1)C(F)(F)CNC2.Cl. The molecule has 0 spiro atoms. The van der Waals surface area contributed by atoms with E-state index >= 15 is 0 Å². The molecule has 1 aliphatic rings. The van der Waals surface area contributed by atoms with Gasteiger partial charge in [0.05, 0.1) is 6.54 Å². The molecule has 1 N–H and O–H groups in total. The highest BCUT2D eigenvalue weighted by molar-refractivity contribution is 5.85. The summed E-state index contributed by atoms with van der Waals surface area (Å²) < 4.78 is 26.6. The third-order valence-electron chi connectivity index (χ3n) is 2.32. The molecular formula is C10H12ClF2N. The largest absolute Gasteiger partial charge is 0.307 e. The average molecular weight is 220 g/mol.